The molecule has 6 nitrogen and oxygen atoms in total. The minimum atomic E-state index is 0.139. The molecule has 2 atom stereocenters. The van der Waals surface area contributed by atoms with Crippen molar-refractivity contribution in [2.24, 2.45) is 0 Å². The summed E-state index contributed by atoms with van der Waals surface area (Å²) in [5.41, 5.74) is 3.92. The molecular weight excluding hydrogens is 314 g/mol. The highest BCUT2D eigenvalue weighted by Crippen LogP contribution is 2.30. The summed E-state index contributed by atoms with van der Waals surface area (Å²) in [6.45, 7) is 4.90. The number of aromatic amines is 1. The monoisotopic (exact) mass is 333 g/mol. The number of nitriles is 1. The molecule has 1 fully saturated rings. The van der Waals surface area contributed by atoms with Crippen molar-refractivity contribution in [2.45, 2.75) is 32.4 Å². The number of hydrogen-bond donors (Lipinski definition) is 2. The lowest BCUT2D eigenvalue weighted by Crippen LogP contribution is -2.21. The van der Waals surface area contributed by atoms with Crippen LogP contribution in [0.25, 0.3) is 22.2 Å². The van der Waals surface area contributed by atoms with Crippen LogP contribution >= 0.6 is 0 Å². The first-order chi connectivity index (χ1) is 12.2. The molecule has 0 spiro atoms. The fourth-order valence-corrected chi connectivity index (χ4v) is 3.32. The SMILES string of the molecule is Cc1nc(-c2c[nH]c3c(C#N)cccc23)cnc1O[C@@H]1CN[C@@H](C)C1. The Kier molecular flexibility index (Phi) is 3.86. The number of benzene rings is 1. The Balaban J connectivity index is 1.66. The van der Waals surface area contributed by atoms with Gasteiger partial charge in [-0.05, 0) is 19.9 Å². The summed E-state index contributed by atoms with van der Waals surface area (Å²) >= 11 is 0. The number of rotatable bonds is 3. The van der Waals surface area contributed by atoms with E-state index in [1.54, 1.807) is 12.3 Å². The molecule has 3 aromatic rings. The largest absolute Gasteiger partial charge is 0.472 e. The number of ether oxygens (including phenoxy) is 1. The third kappa shape index (κ3) is 2.83. The summed E-state index contributed by atoms with van der Waals surface area (Å²) in [7, 11) is 0. The standard InChI is InChI=1S/C19H19N5O/c1-11-6-14(8-21-11)25-19-12(2)24-17(10-23-19)16-9-22-18-13(7-20)4-3-5-15(16)18/h3-5,9-11,14,21-22H,6,8H2,1-2H3/t11-,14-/m0/s1. The predicted molar refractivity (Wildman–Crippen MR) is 95.3 cm³/mol. The molecule has 0 bridgehead atoms. The van der Waals surface area contributed by atoms with E-state index in [9.17, 15) is 5.26 Å². The van der Waals surface area contributed by atoms with Crippen LogP contribution in [-0.2, 0) is 0 Å². The Labute approximate surface area is 145 Å². The highest BCUT2D eigenvalue weighted by atomic mass is 16.5. The van der Waals surface area contributed by atoms with Crippen LogP contribution in [-0.4, -0.2) is 33.6 Å². The number of aromatic nitrogens is 3. The average Bonchev–Trinajstić information content (AvgIpc) is 3.22. The fourth-order valence-electron chi connectivity index (χ4n) is 3.32. The van der Waals surface area contributed by atoms with Crippen LogP contribution in [0.2, 0.25) is 0 Å². The highest BCUT2D eigenvalue weighted by Gasteiger charge is 2.23. The van der Waals surface area contributed by atoms with Gasteiger partial charge in [-0.2, -0.15) is 5.26 Å². The highest BCUT2D eigenvalue weighted by molar-refractivity contribution is 5.97. The molecule has 126 valence electrons. The van der Waals surface area contributed by atoms with Crippen molar-refractivity contribution in [3.8, 4) is 23.2 Å². The summed E-state index contributed by atoms with van der Waals surface area (Å²) in [6.07, 6.45) is 4.72. The van der Waals surface area contributed by atoms with Gasteiger partial charge in [0, 0.05) is 36.2 Å². The molecule has 0 radical (unpaired) electrons. The van der Waals surface area contributed by atoms with E-state index >= 15 is 0 Å². The minimum Gasteiger partial charge on any atom is -0.472 e. The Morgan fingerprint density at radius 3 is 2.96 bits per heavy atom. The molecule has 3 heterocycles. The van der Waals surface area contributed by atoms with Gasteiger partial charge in [-0.3, -0.25) is 0 Å². The Hall–Kier alpha value is -2.91. The van der Waals surface area contributed by atoms with Gasteiger partial charge in [0.25, 0.3) is 0 Å². The van der Waals surface area contributed by atoms with Crippen molar-refractivity contribution in [2.75, 3.05) is 6.54 Å². The van der Waals surface area contributed by atoms with E-state index in [-0.39, 0.29) is 6.10 Å². The zero-order valence-electron chi connectivity index (χ0n) is 14.2. The van der Waals surface area contributed by atoms with Crippen LogP contribution in [0.3, 0.4) is 0 Å². The zero-order valence-corrected chi connectivity index (χ0v) is 14.2. The van der Waals surface area contributed by atoms with Crippen LogP contribution in [0.15, 0.2) is 30.6 Å². The van der Waals surface area contributed by atoms with Crippen LogP contribution in [0.5, 0.6) is 5.88 Å². The minimum absolute atomic E-state index is 0.139. The maximum absolute atomic E-state index is 9.23. The second-order valence-corrected chi connectivity index (χ2v) is 6.47. The Bertz CT molecular complexity index is 972. The van der Waals surface area contributed by atoms with Gasteiger partial charge in [0.2, 0.25) is 5.88 Å². The summed E-state index contributed by atoms with van der Waals surface area (Å²) in [5.74, 6) is 0.585. The molecular formula is C19H19N5O. The van der Waals surface area contributed by atoms with Gasteiger partial charge in [-0.1, -0.05) is 12.1 Å². The smallest absolute Gasteiger partial charge is 0.235 e. The molecule has 1 aromatic carbocycles. The molecule has 0 aliphatic carbocycles. The van der Waals surface area contributed by atoms with Gasteiger partial charge in [-0.25, -0.2) is 9.97 Å². The number of aryl methyl sites for hydroxylation is 1. The third-order valence-corrected chi connectivity index (χ3v) is 4.60. The van der Waals surface area contributed by atoms with Gasteiger partial charge in [0.15, 0.2) is 0 Å². The fraction of sp³-hybridized carbons (Fsp3) is 0.316. The number of nitrogens with zero attached hydrogens (tertiary/aromatic N) is 3. The maximum Gasteiger partial charge on any atom is 0.235 e. The predicted octanol–water partition coefficient (Wildman–Crippen LogP) is 2.93. The molecule has 2 N–H and O–H groups in total. The first kappa shape index (κ1) is 15.6. The van der Waals surface area contributed by atoms with Gasteiger partial charge in [-0.15, -0.1) is 0 Å². The van der Waals surface area contributed by atoms with E-state index in [0.717, 1.165) is 40.8 Å². The van der Waals surface area contributed by atoms with Crippen LogP contribution in [0.4, 0.5) is 0 Å². The summed E-state index contributed by atoms with van der Waals surface area (Å²) < 4.78 is 5.99. The van der Waals surface area contributed by atoms with Gasteiger partial charge in [0.1, 0.15) is 17.9 Å². The summed E-state index contributed by atoms with van der Waals surface area (Å²) in [6, 6.07) is 8.34. The summed E-state index contributed by atoms with van der Waals surface area (Å²) in [5, 5.41) is 13.6. The molecule has 0 unspecified atom stereocenters. The van der Waals surface area contributed by atoms with E-state index in [2.05, 4.69) is 33.3 Å². The normalized spacial score (nSPS) is 19.9. The number of hydrogen-bond acceptors (Lipinski definition) is 5. The summed E-state index contributed by atoms with van der Waals surface area (Å²) in [4.78, 5) is 12.3. The molecule has 1 saturated heterocycles. The topological polar surface area (TPSA) is 86.6 Å². The van der Waals surface area contributed by atoms with E-state index in [1.807, 2.05) is 25.3 Å². The molecule has 0 saturated carbocycles. The molecule has 4 rings (SSSR count). The molecule has 0 amide bonds. The van der Waals surface area contributed by atoms with E-state index < -0.39 is 0 Å². The molecule has 6 heteroatoms. The first-order valence-corrected chi connectivity index (χ1v) is 8.40. The van der Waals surface area contributed by atoms with E-state index in [1.165, 1.54) is 0 Å². The van der Waals surface area contributed by atoms with Crippen LogP contribution in [0, 0.1) is 18.3 Å². The molecule has 25 heavy (non-hydrogen) atoms. The average molecular weight is 333 g/mol. The number of fused-ring (bicyclic) bond motifs is 1. The van der Waals surface area contributed by atoms with Gasteiger partial charge in [0.05, 0.1) is 23.0 Å². The Morgan fingerprint density at radius 1 is 1.36 bits per heavy atom. The van der Waals surface area contributed by atoms with Crippen LogP contribution < -0.4 is 10.1 Å². The van der Waals surface area contributed by atoms with Gasteiger partial charge < -0.3 is 15.0 Å². The van der Waals surface area contributed by atoms with Crippen LogP contribution in [0.1, 0.15) is 24.6 Å². The number of para-hydroxylation sites is 1. The lowest BCUT2D eigenvalue weighted by molar-refractivity contribution is 0.209. The van der Waals surface area contributed by atoms with Crippen molar-refractivity contribution in [1.29, 1.82) is 5.26 Å². The molecule has 1 aliphatic heterocycles. The lowest BCUT2D eigenvalue weighted by Gasteiger charge is -2.13. The van der Waals surface area contributed by atoms with E-state index in [4.69, 9.17) is 4.74 Å². The first-order valence-electron chi connectivity index (χ1n) is 8.40. The van der Waals surface area contributed by atoms with Crippen molar-refractivity contribution >= 4 is 10.9 Å². The third-order valence-electron chi connectivity index (χ3n) is 4.60. The molecule has 2 aromatic heterocycles. The quantitative estimate of drug-likeness (QED) is 0.769. The number of nitrogens with one attached hydrogen (secondary N) is 2. The second-order valence-electron chi connectivity index (χ2n) is 6.47. The Morgan fingerprint density at radius 2 is 2.24 bits per heavy atom. The van der Waals surface area contributed by atoms with E-state index in [0.29, 0.717) is 17.5 Å². The zero-order chi connectivity index (χ0) is 17.4. The molecule has 1 aliphatic rings. The van der Waals surface area contributed by atoms with Gasteiger partial charge >= 0.3 is 0 Å². The second kappa shape index (κ2) is 6.19. The van der Waals surface area contributed by atoms with Crippen molar-refractivity contribution in [1.82, 2.24) is 20.3 Å². The van der Waals surface area contributed by atoms with Crippen molar-refractivity contribution in [3.63, 3.8) is 0 Å². The lowest BCUT2D eigenvalue weighted by atomic mass is 10.1. The van der Waals surface area contributed by atoms with Crippen molar-refractivity contribution in [3.05, 3.63) is 41.9 Å². The number of H-pyrrole nitrogens is 1. The maximum atomic E-state index is 9.23. The van der Waals surface area contributed by atoms with Crippen molar-refractivity contribution < 1.29 is 4.74 Å².